The highest BCUT2D eigenvalue weighted by Crippen LogP contribution is 2.22. The summed E-state index contributed by atoms with van der Waals surface area (Å²) < 4.78 is 0. The fraction of sp³-hybridized carbons (Fsp3) is 0.0625. The second-order valence-corrected chi connectivity index (χ2v) is 4.83. The van der Waals surface area contributed by atoms with Gasteiger partial charge < -0.3 is 10.6 Å². The molecule has 0 aromatic heterocycles. The molecule has 22 heavy (non-hydrogen) atoms. The quantitative estimate of drug-likeness (QED) is 0.907. The Hall–Kier alpha value is -2.84. The van der Waals surface area contributed by atoms with Gasteiger partial charge in [-0.1, -0.05) is 29.8 Å². The normalized spacial score (nSPS) is 9.64. The summed E-state index contributed by atoms with van der Waals surface area (Å²) in [4.78, 5) is 23.7. The van der Waals surface area contributed by atoms with Crippen molar-refractivity contribution in [3.8, 4) is 6.07 Å². The van der Waals surface area contributed by atoms with Gasteiger partial charge in [0.15, 0.2) is 0 Å². The molecule has 0 aliphatic rings. The average Bonchev–Trinajstić information content (AvgIpc) is 2.49. The lowest BCUT2D eigenvalue weighted by molar-refractivity contribution is -0.115. The molecule has 0 saturated carbocycles. The van der Waals surface area contributed by atoms with Gasteiger partial charge in [-0.15, -0.1) is 0 Å². The number of nitriles is 1. The van der Waals surface area contributed by atoms with E-state index in [1.54, 1.807) is 54.6 Å². The van der Waals surface area contributed by atoms with Gasteiger partial charge in [0.1, 0.15) is 6.42 Å². The zero-order chi connectivity index (χ0) is 15.9. The Morgan fingerprint density at radius 3 is 2.36 bits per heavy atom. The Bertz CT molecular complexity index is 753. The number of benzene rings is 2. The fourth-order valence-corrected chi connectivity index (χ4v) is 1.98. The van der Waals surface area contributed by atoms with Crippen LogP contribution in [0.25, 0.3) is 0 Å². The minimum Gasteiger partial charge on any atom is -0.323 e. The predicted octanol–water partition coefficient (Wildman–Crippen LogP) is 3.44. The van der Waals surface area contributed by atoms with Gasteiger partial charge >= 0.3 is 0 Å². The number of carbonyl (C=O) groups is 2. The molecule has 2 aromatic rings. The SMILES string of the molecule is N#CCC(=O)Nc1ccccc1NC(=O)c1cccc(Cl)c1. The molecule has 2 amide bonds. The van der Waals surface area contributed by atoms with Crippen molar-refractivity contribution in [2.75, 3.05) is 10.6 Å². The van der Waals surface area contributed by atoms with E-state index in [2.05, 4.69) is 10.6 Å². The van der Waals surface area contributed by atoms with E-state index in [-0.39, 0.29) is 12.3 Å². The third-order valence-electron chi connectivity index (χ3n) is 2.78. The van der Waals surface area contributed by atoms with Crippen molar-refractivity contribution in [1.82, 2.24) is 0 Å². The van der Waals surface area contributed by atoms with Gasteiger partial charge in [-0.05, 0) is 30.3 Å². The number of anilines is 2. The lowest BCUT2D eigenvalue weighted by Gasteiger charge is -2.11. The molecule has 110 valence electrons. The smallest absolute Gasteiger partial charge is 0.255 e. The van der Waals surface area contributed by atoms with E-state index in [9.17, 15) is 9.59 Å². The highest BCUT2D eigenvalue weighted by Gasteiger charge is 2.11. The van der Waals surface area contributed by atoms with E-state index in [1.807, 2.05) is 0 Å². The fourth-order valence-electron chi connectivity index (χ4n) is 1.79. The second kappa shape index (κ2) is 7.25. The molecule has 2 N–H and O–H groups in total. The molecule has 0 fully saturated rings. The molecule has 0 heterocycles. The summed E-state index contributed by atoms with van der Waals surface area (Å²) >= 11 is 5.86. The Morgan fingerprint density at radius 2 is 1.73 bits per heavy atom. The molecule has 5 nitrogen and oxygen atoms in total. The van der Waals surface area contributed by atoms with Crippen LogP contribution in [-0.4, -0.2) is 11.8 Å². The first-order valence-corrected chi connectivity index (χ1v) is 6.80. The topological polar surface area (TPSA) is 82.0 Å². The summed E-state index contributed by atoms with van der Waals surface area (Å²) in [5.74, 6) is -0.781. The summed E-state index contributed by atoms with van der Waals surface area (Å²) in [7, 11) is 0. The van der Waals surface area contributed by atoms with Crippen LogP contribution in [0.4, 0.5) is 11.4 Å². The van der Waals surface area contributed by atoms with E-state index in [0.717, 1.165) is 0 Å². The second-order valence-electron chi connectivity index (χ2n) is 4.39. The summed E-state index contributed by atoms with van der Waals surface area (Å²) in [6.45, 7) is 0. The van der Waals surface area contributed by atoms with Crippen LogP contribution in [-0.2, 0) is 4.79 Å². The molecule has 6 heteroatoms. The third-order valence-corrected chi connectivity index (χ3v) is 3.01. The van der Waals surface area contributed by atoms with Crippen LogP contribution in [0.5, 0.6) is 0 Å². The standard InChI is InChI=1S/C16H12ClN3O2/c17-12-5-3-4-11(10-12)16(22)20-14-7-2-1-6-13(14)19-15(21)8-9-18/h1-7,10H,8H2,(H,19,21)(H,20,22). The molecule has 0 atom stereocenters. The number of rotatable bonds is 4. The van der Waals surface area contributed by atoms with Crippen molar-refractivity contribution < 1.29 is 9.59 Å². The first-order valence-electron chi connectivity index (χ1n) is 6.43. The highest BCUT2D eigenvalue weighted by atomic mass is 35.5. The lowest BCUT2D eigenvalue weighted by Crippen LogP contribution is -2.16. The number of hydrogen-bond donors (Lipinski definition) is 2. The van der Waals surface area contributed by atoms with Gasteiger partial charge in [0.2, 0.25) is 5.91 Å². The van der Waals surface area contributed by atoms with Crippen LogP contribution < -0.4 is 10.6 Å². The first kappa shape index (κ1) is 15.5. The predicted molar refractivity (Wildman–Crippen MR) is 84.7 cm³/mol. The number of para-hydroxylation sites is 2. The average molecular weight is 314 g/mol. The van der Waals surface area contributed by atoms with Gasteiger partial charge in [-0.2, -0.15) is 5.26 Å². The summed E-state index contributed by atoms with van der Waals surface area (Å²) in [5, 5.41) is 14.3. The van der Waals surface area contributed by atoms with Crippen molar-refractivity contribution in [2.24, 2.45) is 0 Å². The van der Waals surface area contributed by atoms with Crippen LogP contribution in [0, 0.1) is 11.3 Å². The molecule has 0 aliphatic carbocycles. The highest BCUT2D eigenvalue weighted by molar-refractivity contribution is 6.31. The van der Waals surface area contributed by atoms with Crippen molar-refractivity contribution >= 4 is 34.8 Å². The number of carbonyl (C=O) groups excluding carboxylic acids is 2. The third kappa shape index (κ3) is 4.08. The Balaban J connectivity index is 2.18. The van der Waals surface area contributed by atoms with E-state index in [1.165, 1.54) is 0 Å². The number of nitrogens with zero attached hydrogens (tertiary/aromatic N) is 1. The minimum atomic E-state index is -0.438. The molecular formula is C16H12ClN3O2. The van der Waals surface area contributed by atoms with Gasteiger partial charge in [-0.3, -0.25) is 9.59 Å². The van der Waals surface area contributed by atoms with Crippen molar-refractivity contribution in [3.05, 3.63) is 59.1 Å². The summed E-state index contributed by atoms with van der Waals surface area (Å²) in [5.41, 5.74) is 1.28. The van der Waals surface area contributed by atoms with Crippen LogP contribution >= 0.6 is 11.6 Å². The van der Waals surface area contributed by atoms with E-state index >= 15 is 0 Å². The van der Waals surface area contributed by atoms with Gasteiger partial charge in [-0.25, -0.2) is 0 Å². The Labute approximate surface area is 132 Å². The maximum absolute atomic E-state index is 12.2. The molecule has 0 saturated heterocycles. The molecule has 2 aromatic carbocycles. The Kier molecular flexibility index (Phi) is 5.12. The van der Waals surface area contributed by atoms with E-state index in [0.29, 0.717) is 22.0 Å². The number of halogens is 1. The number of amides is 2. The maximum atomic E-state index is 12.2. The molecule has 0 unspecified atom stereocenters. The summed E-state index contributed by atoms with van der Waals surface area (Å²) in [6, 6.07) is 15.1. The molecule has 0 aliphatic heterocycles. The maximum Gasteiger partial charge on any atom is 0.255 e. The van der Waals surface area contributed by atoms with Crippen LogP contribution in [0.1, 0.15) is 16.8 Å². The number of hydrogen-bond acceptors (Lipinski definition) is 3. The van der Waals surface area contributed by atoms with Crippen molar-refractivity contribution in [3.63, 3.8) is 0 Å². The van der Waals surface area contributed by atoms with Gasteiger partial charge in [0.25, 0.3) is 5.91 Å². The van der Waals surface area contributed by atoms with Crippen LogP contribution in [0.3, 0.4) is 0 Å². The van der Waals surface area contributed by atoms with Crippen molar-refractivity contribution in [1.29, 1.82) is 5.26 Å². The monoisotopic (exact) mass is 313 g/mol. The Morgan fingerprint density at radius 1 is 1.05 bits per heavy atom. The molecular weight excluding hydrogens is 302 g/mol. The largest absolute Gasteiger partial charge is 0.323 e. The molecule has 0 spiro atoms. The van der Waals surface area contributed by atoms with Crippen molar-refractivity contribution in [2.45, 2.75) is 6.42 Å². The minimum absolute atomic E-state index is 0.253. The van der Waals surface area contributed by atoms with Gasteiger partial charge in [0.05, 0.1) is 17.4 Å². The molecule has 2 rings (SSSR count). The zero-order valence-electron chi connectivity index (χ0n) is 11.5. The van der Waals surface area contributed by atoms with E-state index in [4.69, 9.17) is 16.9 Å². The summed E-state index contributed by atoms with van der Waals surface area (Å²) in [6.07, 6.45) is -0.253. The van der Waals surface area contributed by atoms with Gasteiger partial charge in [0, 0.05) is 10.6 Å². The molecule has 0 radical (unpaired) electrons. The van der Waals surface area contributed by atoms with Crippen LogP contribution in [0.2, 0.25) is 5.02 Å². The lowest BCUT2D eigenvalue weighted by atomic mass is 10.2. The first-order chi connectivity index (χ1) is 10.6. The van der Waals surface area contributed by atoms with Crippen LogP contribution in [0.15, 0.2) is 48.5 Å². The molecule has 0 bridgehead atoms. The van der Waals surface area contributed by atoms with E-state index < -0.39 is 5.91 Å². The number of nitrogens with one attached hydrogen (secondary N) is 2. The zero-order valence-corrected chi connectivity index (χ0v) is 12.2.